The molecule has 1 heterocycles. The zero-order valence-electron chi connectivity index (χ0n) is 9.01. The maximum Gasteiger partial charge on any atom is 0.139 e. The molecule has 2 nitrogen and oxygen atoms in total. The van der Waals surface area contributed by atoms with Crippen molar-refractivity contribution in [2.24, 2.45) is 0 Å². The summed E-state index contributed by atoms with van der Waals surface area (Å²) in [6.45, 7) is 1.81. The molecule has 1 saturated heterocycles. The van der Waals surface area contributed by atoms with E-state index in [9.17, 15) is 0 Å². The summed E-state index contributed by atoms with van der Waals surface area (Å²) in [4.78, 5) is 0. The minimum absolute atomic E-state index is 0.503. The van der Waals surface area contributed by atoms with E-state index in [-0.39, 0.29) is 0 Å². The number of halogens is 2. The second kappa shape index (κ2) is 5.76. The normalized spacial score (nSPS) is 20.0. The van der Waals surface area contributed by atoms with Crippen molar-refractivity contribution in [2.45, 2.75) is 25.3 Å². The Hall–Kier alpha value is -0.440. The highest BCUT2D eigenvalue weighted by atomic mass is 35.5. The van der Waals surface area contributed by atoms with Gasteiger partial charge < -0.3 is 10.1 Å². The van der Waals surface area contributed by atoms with E-state index in [1.807, 2.05) is 12.1 Å². The Bertz CT molecular complexity index is 351. The van der Waals surface area contributed by atoms with Gasteiger partial charge in [0.1, 0.15) is 10.8 Å². The van der Waals surface area contributed by atoms with Gasteiger partial charge in [0.15, 0.2) is 0 Å². The second-order valence-corrected chi connectivity index (χ2v) is 4.77. The van der Waals surface area contributed by atoms with Crippen LogP contribution in [0.4, 0.5) is 0 Å². The van der Waals surface area contributed by atoms with E-state index in [4.69, 9.17) is 27.9 Å². The summed E-state index contributed by atoms with van der Waals surface area (Å²) < 4.78 is 5.62. The SMILES string of the molecule is Clc1cccc(OCCC2CCCN2)c1Cl. The molecule has 1 aliphatic rings. The van der Waals surface area contributed by atoms with E-state index in [1.165, 1.54) is 12.8 Å². The molecule has 0 aromatic heterocycles. The van der Waals surface area contributed by atoms with Gasteiger partial charge >= 0.3 is 0 Å². The van der Waals surface area contributed by atoms with Crippen molar-refractivity contribution in [3.8, 4) is 5.75 Å². The maximum absolute atomic E-state index is 6.02. The van der Waals surface area contributed by atoms with E-state index in [1.54, 1.807) is 6.07 Å². The first kappa shape index (κ1) is 12.0. The number of rotatable bonds is 4. The van der Waals surface area contributed by atoms with Gasteiger partial charge in [0.05, 0.1) is 11.6 Å². The zero-order valence-corrected chi connectivity index (χ0v) is 10.5. The molecule has 0 amide bonds. The quantitative estimate of drug-likeness (QED) is 0.894. The Kier molecular flexibility index (Phi) is 4.33. The Balaban J connectivity index is 1.82. The van der Waals surface area contributed by atoms with Gasteiger partial charge in [-0.2, -0.15) is 0 Å². The molecule has 1 aliphatic heterocycles. The highest BCUT2D eigenvalue weighted by Gasteiger charge is 2.14. The van der Waals surface area contributed by atoms with Crippen LogP contribution in [-0.2, 0) is 0 Å². The Labute approximate surface area is 106 Å². The van der Waals surface area contributed by atoms with Crippen LogP contribution in [0.5, 0.6) is 5.75 Å². The second-order valence-electron chi connectivity index (χ2n) is 3.98. The molecule has 0 spiro atoms. The lowest BCUT2D eigenvalue weighted by Crippen LogP contribution is -2.23. The van der Waals surface area contributed by atoms with Crippen LogP contribution < -0.4 is 10.1 Å². The molecule has 0 aliphatic carbocycles. The van der Waals surface area contributed by atoms with Gasteiger partial charge in [-0.1, -0.05) is 29.3 Å². The molecule has 88 valence electrons. The lowest BCUT2D eigenvalue weighted by Gasteiger charge is -2.12. The minimum atomic E-state index is 0.503. The first-order chi connectivity index (χ1) is 7.77. The topological polar surface area (TPSA) is 21.3 Å². The summed E-state index contributed by atoms with van der Waals surface area (Å²) >= 11 is 11.9. The third-order valence-electron chi connectivity index (χ3n) is 2.80. The fourth-order valence-corrected chi connectivity index (χ4v) is 2.26. The summed E-state index contributed by atoms with van der Waals surface area (Å²) in [5.41, 5.74) is 0. The van der Waals surface area contributed by atoms with Crippen LogP contribution in [0.2, 0.25) is 10.0 Å². The van der Waals surface area contributed by atoms with Crippen LogP contribution in [0, 0.1) is 0 Å². The number of ether oxygens (including phenoxy) is 1. The number of hydrogen-bond donors (Lipinski definition) is 1. The zero-order chi connectivity index (χ0) is 11.4. The summed E-state index contributed by atoms with van der Waals surface area (Å²) in [5, 5.41) is 4.47. The predicted molar refractivity (Wildman–Crippen MR) is 67.6 cm³/mol. The van der Waals surface area contributed by atoms with Crippen molar-refractivity contribution in [1.29, 1.82) is 0 Å². The monoisotopic (exact) mass is 259 g/mol. The van der Waals surface area contributed by atoms with Crippen LogP contribution in [0.1, 0.15) is 19.3 Å². The molecule has 0 radical (unpaired) electrons. The summed E-state index contributed by atoms with van der Waals surface area (Å²) in [5.74, 6) is 0.673. The van der Waals surface area contributed by atoms with Crippen molar-refractivity contribution >= 4 is 23.2 Å². The van der Waals surface area contributed by atoms with E-state index in [2.05, 4.69) is 5.32 Å². The summed E-state index contributed by atoms with van der Waals surface area (Å²) in [7, 11) is 0. The van der Waals surface area contributed by atoms with E-state index in [0.717, 1.165) is 13.0 Å². The predicted octanol–water partition coefficient (Wildman–Crippen LogP) is 3.51. The van der Waals surface area contributed by atoms with Crippen molar-refractivity contribution < 1.29 is 4.74 Å². The number of nitrogens with one attached hydrogen (secondary N) is 1. The molecular weight excluding hydrogens is 245 g/mol. The molecule has 1 N–H and O–H groups in total. The standard InChI is InChI=1S/C12H15Cl2NO/c13-10-4-1-5-11(12(10)14)16-8-6-9-3-2-7-15-9/h1,4-5,9,15H,2-3,6-8H2. The fourth-order valence-electron chi connectivity index (χ4n) is 1.91. The van der Waals surface area contributed by atoms with Gasteiger partial charge in [0.2, 0.25) is 0 Å². The third-order valence-corrected chi connectivity index (χ3v) is 3.60. The van der Waals surface area contributed by atoms with Crippen molar-refractivity contribution in [2.75, 3.05) is 13.2 Å². The molecule has 0 saturated carbocycles. The van der Waals surface area contributed by atoms with Gasteiger partial charge in [-0.3, -0.25) is 0 Å². The lowest BCUT2D eigenvalue weighted by atomic mass is 10.2. The summed E-state index contributed by atoms with van der Waals surface area (Å²) in [6, 6.07) is 6.04. The van der Waals surface area contributed by atoms with Crippen LogP contribution >= 0.6 is 23.2 Å². The molecule has 1 aromatic rings. The van der Waals surface area contributed by atoms with Gasteiger partial charge in [-0.15, -0.1) is 0 Å². The number of benzene rings is 1. The molecule has 0 bridgehead atoms. The van der Waals surface area contributed by atoms with Crippen LogP contribution in [0.15, 0.2) is 18.2 Å². The maximum atomic E-state index is 6.02. The molecule has 1 fully saturated rings. The third kappa shape index (κ3) is 3.03. The van der Waals surface area contributed by atoms with Gasteiger partial charge in [0.25, 0.3) is 0 Å². The van der Waals surface area contributed by atoms with Crippen LogP contribution in [0.25, 0.3) is 0 Å². The highest BCUT2D eigenvalue weighted by molar-refractivity contribution is 6.42. The van der Waals surface area contributed by atoms with E-state index >= 15 is 0 Å². The van der Waals surface area contributed by atoms with Gasteiger partial charge in [-0.25, -0.2) is 0 Å². The average Bonchev–Trinajstić information content (AvgIpc) is 2.77. The number of hydrogen-bond acceptors (Lipinski definition) is 2. The highest BCUT2D eigenvalue weighted by Crippen LogP contribution is 2.31. The molecule has 4 heteroatoms. The van der Waals surface area contributed by atoms with Crippen molar-refractivity contribution in [3.63, 3.8) is 0 Å². The summed E-state index contributed by atoms with van der Waals surface area (Å²) in [6.07, 6.45) is 3.53. The van der Waals surface area contributed by atoms with Crippen molar-refractivity contribution in [1.82, 2.24) is 5.32 Å². The minimum Gasteiger partial charge on any atom is -0.492 e. The molecule has 1 unspecified atom stereocenters. The van der Waals surface area contributed by atoms with Crippen LogP contribution in [-0.4, -0.2) is 19.2 Å². The Morgan fingerprint density at radius 2 is 2.25 bits per heavy atom. The molecule has 1 atom stereocenters. The molecule has 16 heavy (non-hydrogen) atoms. The Morgan fingerprint density at radius 3 is 3.00 bits per heavy atom. The first-order valence-electron chi connectivity index (χ1n) is 5.57. The van der Waals surface area contributed by atoms with Crippen molar-refractivity contribution in [3.05, 3.63) is 28.2 Å². The molecule has 1 aromatic carbocycles. The fraction of sp³-hybridized carbons (Fsp3) is 0.500. The lowest BCUT2D eigenvalue weighted by molar-refractivity contribution is 0.292. The smallest absolute Gasteiger partial charge is 0.139 e. The van der Waals surface area contributed by atoms with E-state index in [0.29, 0.717) is 28.4 Å². The van der Waals surface area contributed by atoms with E-state index < -0.39 is 0 Å². The average molecular weight is 260 g/mol. The molecular formula is C12H15Cl2NO. The Morgan fingerprint density at radius 1 is 1.38 bits per heavy atom. The van der Waals surface area contributed by atoms with Gasteiger partial charge in [-0.05, 0) is 37.9 Å². The van der Waals surface area contributed by atoms with Gasteiger partial charge in [0, 0.05) is 6.04 Å². The molecule has 2 rings (SSSR count). The largest absolute Gasteiger partial charge is 0.492 e. The first-order valence-corrected chi connectivity index (χ1v) is 6.33. The van der Waals surface area contributed by atoms with Crippen LogP contribution in [0.3, 0.4) is 0 Å².